The van der Waals surface area contributed by atoms with Crippen LogP contribution in [0.15, 0.2) is 241 Å². The van der Waals surface area contributed by atoms with Crippen molar-refractivity contribution in [1.82, 2.24) is 4.57 Å². The number of furan rings is 1. The van der Waals surface area contributed by atoms with Crippen molar-refractivity contribution < 1.29 is 4.42 Å². The minimum Gasteiger partial charge on any atom is -0.456 e. The van der Waals surface area contributed by atoms with E-state index < -0.39 is 0 Å². The molecule has 14 aromatic rings. The molecular weight excluding hydrogens is 799 g/mol. The summed E-state index contributed by atoms with van der Waals surface area (Å²) in [4.78, 5) is 0. The molecule has 2 heterocycles. The molecule has 0 radical (unpaired) electrons. The second-order valence-corrected chi connectivity index (χ2v) is 17.5. The molecule has 2 aromatic heterocycles. The second kappa shape index (κ2) is 14.4. The predicted octanol–water partition coefficient (Wildman–Crippen LogP) is 18.0. The highest BCUT2D eigenvalue weighted by Gasteiger charge is 2.23. The van der Waals surface area contributed by atoms with Crippen molar-refractivity contribution in [3.63, 3.8) is 0 Å². The van der Waals surface area contributed by atoms with Gasteiger partial charge in [0.15, 0.2) is 0 Å². The highest BCUT2D eigenvalue weighted by atomic mass is 16.3. The fourth-order valence-corrected chi connectivity index (χ4v) is 11.3. The van der Waals surface area contributed by atoms with Crippen LogP contribution in [0.2, 0.25) is 0 Å². The fourth-order valence-electron chi connectivity index (χ4n) is 11.3. The Labute approximate surface area is 380 Å². The maximum Gasteiger partial charge on any atom is 0.136 e. The molecule has 0 spiro atoms. The van der Waals surface area contributed by atoms with Gasteiger partial charge < -0.3 is 8.98 Å². The second-order valence-electron chi connectivity index (χ2n) is 17.5. The number of hydrogen-bond acceptors (Lipinski definition) is 1. The maximum absolute atomic E-state index is 6.78. The van der Waals surface area contributed by atoms with E-state index in [4.69, 9.17) is 4.42 Å². The van der Waals surface area contributed by atoms with Crippen LogP contribution in [0.4, 0.5) is 0 Å². The zero-order valence-corrected chi connectivity index (χ0v) is 35.9. The number of fused-ring (bicyclic) bond motifs is 10. The van der Waals surface area contributed by atoms with Gasteiger partial charge in [-0.25, -0.2) is 0 Å². The van der Waals surface area contributed by atoms with E-state index in [0.717, 1.165) is 33.2 Å². The van der Waals surface area contributed by atoms with Gasteiger partial charge in [-0.15, -0.1) is 0 Å². The molecular formula is C64H39NO. The van der Waals surface area contributed by atoms with Crippen molar-refractivity contribution >= 4 is 86.8 Å². The lowest BCUT2D eigenvalue weighted by atomic mass is 9.84. The molecule has 0 amide bonds. The molecule has 0 unspecified atom stereocenters. The Bertz CT molecular complexity index is 4160. The Morgan fingerprint density at radius 2 is 0.712 bits per heavy atom. The summed E-state index contributed by atoms with van der Waals surface area (Å²) in [6.45, 7) is 0. The van der Waals surface area contributed by atoms with Gasteiger partial charge in [0.25, 0.3) is 0 Å². The van der Waals surface area contributed by atoms with E-state index in [0.29, 0.717) is 0 Å². The van der Waals surface area contributed by atoms with Crippen LogP contribution in [-0.2, 0) is 0 Å². The number of para-hydroxylation sites is 2. The smallest absolute Gasteiger partial charge is 0.136 e. The molecule has 0 N–H and O–H groups in total. The molecule has 2 heteroatoms. The minimum atomic E-state index is 0.881. The van der Waals surface area contributed by atoms with Crippen LogP contribution < -0.4 is 0 Å². The summed E-state index contributed by atoms with van der Waals surface area (Å²) in [5.41, 5.74) is 15.1. The van der Waals surface area contributed by atoms with Crippen LogP contribution in [-0.4, -0.2) is 4.57 Å². The van der Waals surface area contributed by atoms with E-state index in [1.165, 1.54) is 104 Å². The topological polar surface area (TPSA) is 18.1 Å². The lowest BCUT2D eigenvalue weighted by molar-refractivity contribution is 0.669. The van der Waals surface area contributed by atoms with Gasteiger partial charge in [-0.2, -0.15) is 0 Å². The molecule has 0 aliphatic rings. The van der Waals surface area contributed by atoms with Crippen LogP contribution in [0.3, 0.4) is 0 Å². The van der Waals surface area contributed by atoms with Crippen molar-refractivity contribution in [2.24, 2.45) is 0 Å². The van der Waals surface area contributed by atoms with Gasteiger partial charge in [0.05, 0.1) is 11.0 Å². The van der Waals surface area contributed by atoms with Gasteiger partial charge >= 0.3 is 0 Å². The van der Waals surface area contributed by atoms with Crippen molar-refractivity contribution in [1.29, 1.82) is 0 Å². The summed E-state index contributed by atoms with van der Waals surface area (Å²) in [6.07, 6.45) is 0. The van der Waals surface area contributed by atoms with Gasteiger partial charge in [0, 0.05) is 27.2 Å². The van der Waals surface area contributed by atoms with Crippen LogP contribution in [0.1, 0.15) is 0 Å². The third-order valence-corrected chi connectivity index (χ3v) is 14.0. The maximum atomic E-state index is 6.78. The summed E-state index contributed by atoms with van der Waals surface area (Å²) < 4.78 is 9.19. The van der Waals surface area contributed by atoms with Crippen molar-refractivity contribution in [2.75, 3.05) is 0 Å². The summed E-state index contributed by atoms with van der Waals surface area (Å²) in [5, 5.41) is 14.6. The predicted molar refractivity (Wildman–Crippen MR) is 280 cm³/mol. The molecule has 2 nitrogen and oxygen atoms in total. The van der Waals surface area contributed by atoms with E-state index in [1.54, 1.807) is 0 Å². The molecule has 0 aliphatic heterocycles. The van der Waals surface area contributed by atoms with Crippen molar-refractivity contribution in [2.45, 2.75) is 0 Å². The third kappa shape index (κ3) is 5.36. The molecule has 12 aromatic carbocycles. The summed E-state index contributed by atoms with van der Waals surface area (Å²) in [7, 11) is 0. The number of nitrogens with zero attached hydrogens (tertiary/aromatic N) is 1. The molecule has 0 bridgehead atoms. The standard InChI is InChI=1S/C64H39NO/c1-3-18-40(19-4-1)60-45-22-7-9-24-47(45)62(48-25-10-8-23-46(48)60)42-34-36-44-55-38-41(35-37-58(55)66-59(44)39-42)61-49-26-11-13-28-51(49)63(52-29-14-12-27-50(52)61)54-31-17-33-57-64(54)53-30-15-16-32-56(53)65(57)43-20-5-2-6-21-43/h1-39H. The van der Waals surface area contributed by atoms with Gasteiger partial charge in [-0.1, -0.05) is 188 Å². The highest BCUT2D eigenvalue weighted by Crippen LogP contribution is 2.49. The first kappa shape index (κ1) is 36.7. The molecule has 0 saturated heterocycles. The van der Waals surface area contributed by atoms with Gasteiger partial charge in [-0.3, -0.25) is 0 Å². The van der Waals surface area contributed by atoms with Crippen LogP contribution in [0.25, 0.3) is 137 Å². The van der Waals surface area contributed by atoms with Crippen molar-refractivity contribution in [3.8, 4) is 50.2 Å². The third-order valence-electron chi connectivity index (χ3n) is 14.0. The first-order valence-corrected chi connectivity index (χ1v) is 22.8. The molecule has 0 fully saturated rings. The monoisotopic (exact) mass is 837 g/mol. The Morgan fingerprint density at radius 1 is 0.258 bits per heavy atom. The molecule has 14 rings (SSSR count). The zero-order valence-electron chi connectivity index (χ0n) is 35.9. The first-order chi connectivity index (χ1) is 32.8. The summed E-state index contributed by atoms with van der Waals surface area (Å²) >= 11 is 0. The van der Waals surface area contributed by atoms with E-state index in [-0.39, 0.29) is 0 Å². The van der Waals surface area contributed by atoms with E-state index in [1.807, 2.05) is 0 Å². The van der Waals surface area contributed by atoms with Crippen LogP contribution in [0.5, 0.6) is 0 Å². The Kier molecular flexibility index (Phi) is 8.02. The molecule has 0 aliphatic carbocycles. The lowest BCUT2D eigenvalue weighted by Crippen LogP contribution is -1.93. The average Bonchev–Trinajstić information content (AvgIpc) is 3.93. The normalized spacial score (nSPS) is 11.9. The van der Waals surface area contributed by atoms with E-state index in [9.17, 15) is 0 Å². The molecule has 66 heavy (non-hydrogen) atoms. The molecule has 306 valence electrons. The van der Waals surface area contributed by atoms with Crippen LogP contribution in [0, 0.1) is 0 Å². The highest BCUT2D eigenvalue weighted by molar-refractivity contribution is 6.27. The number of rotatable bonds is 5. The largest absolute Gasteiger partial charge is 0.456 e. The summed E-state index contributed by atoms with van der Waals surface area (Å²) in [6, 6.07) is 86.3. The SMILES string of the molecule is c1ccc(-c2c3ccccc3c(-c3ccc4c(c3)oc3ccc(-c5c6ccccc6c(-c6cccc7c6c6ccccc6n7-c6ccccc6)c6ccccc56)cc34)c3ccccc23)cc1. The Balaban J connectivity index is 0.969. The molecule has 0 saturated carbocycles. The first-order valence-electron chi connectivity index (χ1n) is 22.8. The van der Waals surface area contributed by atoms with Gasteiger partial charge in [0.1, 0.15) is 11.2 Å². The quantitative estimate of drug-likeness (QED) is 0.158. The Hall–Kier alpha value is -8.72. The molecule has 0 atom stereocenters. The van der Waals surface area contributed by atoms with Crippen LogP contribution >= 0.6 is 0 Å². The average molecular weight is 838 g/mol. The van der Waals surface area contributed by atoms with Crippen molar-refractivity contribution in [3.05, 3.63) is 237 Å². The van der Waals surface area contributed by atoms with E-state index >= 15 is 0 Å². The number of hydrogen-bond donors (Lipinski definition) is 0. The zero-order chi connectivity index (χ0) is 43.3. The van der Waals surface area contributed by atoms with Gasteiger partial charge in [0.2, 0.25) is 0 Å². The number of benzene rings is 12. The summed E-state index contributed by atoms with van der Waals surface area (Å²) in [5.74, 6) is 0. The van der Waals surface area contributed by atoms with Gasteiger partial charge in [-0.05, 0) is 136 Å². The minimum absolute atomic E-state index is 0.881. The lowest BCUT2D eigenvalue weighted by Gasteiger charge is -2.18. The Morgan fingerprint density at radius 3 is 1.30 bits per heavy atom. The fraction of sp³-hybridized carbons (Fsp3) is 0. The number of aromatic nitrogens is 1. The van der Waals surface area contributed by atoms with E-state index in [2.05, 4.69) is 241 Å².